The van der Waals surface area contributed by atoms with Gasteiger partial charge in [0.2, 0.25) is 0 Å². The second-order valence-electron chi connectivity index (χ2n) is 6.54. The van der Waals surface area contributed by atoms with E-state index in [0.29, 0.717) is 12.8 Å². The fourth-order valence-electron chi connectivity index (χ4n) is 2.06. The Labute approximate surface area is 132 Å². The second kappa shape index (κ2) is 7.32. The molecule has 0 saturated heterocycles. The van der Waals surface area contributed by atoms with Gasteiger partial charge in [-0.1, -0.05) is 39.8 Å². The van der Waals surface area contributed by atoms with Gasteiger partial charge in [-0.05, 0) is 48.1 Å². The molecule has 0 spiro atoms. The van der Waals surface area contributed by atoms with E-state index in [1.807, 2.05) is 6.92 Å². The fourth-order valence-corrected chi connectivity index (χ4v) is 2.92. The molecule has 3 N–H and O–H groups in total. The summed E-state index contributed by atoms with van der Waals surface area (Å²) >= 11 is 1.75. The summed E-state index contributed by atoms with van der Waals surface area (Å²) in [6.45, 7) is 8.43. The quantitative estimate of drug-likeness (QED) is 0.589. The Morgan fingerprint density at radius 3 is 2.24 bits per heavy atom. The minimum absolute atomic E-state index is 0.172. The van der Waals surface area contributed by atoms with Crippen molar-refractivity contribution in [3.63, 3.8) is 0 Å². The molecule has 1 atom stereocenters. The first kappa shape index (κ1) is 18.1. The highest BCUT2D eigenvalue weighted by atomic mass is 32.2. The molecule has 0 fully saturated rings. The lowest BCUT2D eigenvalue weighted by molar-refractivity contribution is -0.143. The summed E-state index contributed by atoms with van der Waals surface area (Å²) in [5.41, 5.74) is 6.30. The van der Waals surface area contributed by atoms with E-state index in [1.165, 1.54) is 10.5 Å². The maximum Gasteiger partial charge on any atom is 0.323 e. The van der Waals surface area contributed by atoms with Crippen LogP contribution in [0.4, 0.5) is 0 Å². The molecule has 4 heteroatoms. The Bertz CT molecular complexity index is 465. The fraction of sp³-hybridized carbons (Fsp3) is 0.588. The SMILES string of the molecule is CCC(N)(CCCSc1ccc(C(C)(C)C)cc1)C(=O)O. The number of carboxylic acids is 1. The van der Waals surface area contributed by atoms with Crippen LogP contribution in [0, 0.1) is 0 Å². The average Bonchev–Trinajstić information content (AvgIpc) is 2.42. The maximum atomic E-state index is 11.1. The first-order chi connectivity index (χ1) is 9.69. The van der Waals surface area contributed by atoms with Gasteiger partial charge in [0.15, 0.2) is 0 Å². The van der Waals surface area contributed by atoms with E-state index in [1.54, 1.807) is 11.8 Å². The van der Waals surface area contributed by atoms with Crippen LogP contribution in [0.2, 0.25) is 0 Å². The van der Waals surface area contributed by atoms with Gasteiger partial charge in [0, 0.05) is 4.90 Å². The van der Waals surface area contributed by atoms with Crippen molar-refractivity contribution < 1.29 is 9.90 Å². The Balaban J connectivity index is 2.45. The maximum absolute atomic E-state index is 11.1. The van der Waals surface area contributed by atoms with Gasteiger partial charge in [-0.3, -0.25) is 4.79 Å². The molecule has 0 aliphatic rings. The number of carboxylic acid groups (broad SMARTS) is 1. The van der Waals surface area contributed by atoms with Gasteiger partial charge < -0.3 is 10.8 Å². The van der Waals surface area contributed by atoms with Crippen molar-refractivity contribution in [3.8, 4) is 0 Å². The van der Waals surface area contributed by atoms with Gasteiger partial charge in [-0.15, -0.1) is 11.8 Å². The molecule has 0 aliphatic carbocycles. The highest BCUT2D eigenvalue weighted by molar-refractivity contribution is 7.99. The number of nitrogens with two attached hydrogens (primary N) is 1. The first-order valence-electron chi connectivity index (χ1n) is 7.44. The summed E-state index contributed by atoms with van der Waals surface area (Å²) in [6.07, 6.45) is 1.79. The molecule has 0 radical (unpaired) electrons. The van der Waals surface area contributed by atoms with Crippen LogP contribution >= 0.6 is 11.8 Å². The first-order valence-corrected chi connectivity index (χ1v) is 8.43. The van der Waals surface area contributed by atoms with Crippen molar-refractivity contribution in [2.45, 2.75) is 62.8 Å². The summed E-state index contributed by atoms with van der Waals surface area (Å²) in [7, 11) is 0. The van der Waals surface area contributed by atoms with Crippen LogP contribution in [0.1, 0.15) is 52.5 Å². The molecular formula is C17H27NO2S. The zero-order valence-corrected chi connectivity index (χ0v) is 14.3. The lowest BCUT2D eigenvalue weighted by atomic mass is 9.87. The molecular weight excluding hydrogens is 282 g/mol. The number of thioether (sulfide) groups is 1. The molecule has 0 amide bonds. The zero-order valence-electron chi connectivity index (χ0n) is 13.5. The monoisotopic (exact) mass is 309 g/mol. The molecule has 0 bridgehead atoms. The predicted octanol–water partition coefficient (Wildman–Crippen LogP) is 4.05. The summed E-state index contributed by atoms with van der Waals surface area (Å²) in [5.74, 6) is -0.00861. The number of benzene rings is 1. The highest BCUT2D eigenvalue weighted by Gasteiger charge is 2.30. The van der Waals surface area contributed by atoms with E-state index < -0.39 is 11.5 Å². The van der Waals surface area contributed by atoms with E-state index in [2.05, 4.69) is 45.0 Å². The second-order valence-corrected chi connectivity index (χ2v) is 7.71. The normalized spacial score (nSPS) is 14.7. The van der Waals surface area contributed by atoms with Crippen molar-refractivity contribution >= 4 is 17.7 Å². The van der Waals surface area contributed by atoms with Crippen molar-refractivity contribution in [3.05, 3.63) is 29.8 Å². The molecule has 1 aromatic carbocycles. The Morgan fingerprint density at radius 2 is 1.81 bits per heavy atom. The van der Waals surface area contributed by atoms with Crippen molar-refractivity contribution in [1.29, 1.82) is 0 Å². The molecule has 1 aromatic rings. The third-order valence-electron chi connectivity index (χ3n) is 3.81. The summed E-state index contributed by atoms with van der Waals surface area (Å²) < 4.78 is 0. The van der Waals surface area contributed by atoms with Gasteiger partial charge >= 0.3 is 5.97 Å². The Hall–Kier alpha value is -1.00. The predicted molar refractivity (Wildman–Crippen MR) is 89.9 cm³/mol. The summed E-state index contributed by atoms with van der Waals surface area (Å²) in [5, 5.41) is 9.12. The minimum Gasteiger partial charge on any atom is -0.480 e. The number of carbonyl (C=O) groups is 1. The van der Waals surface area contributed by atoms with Gasteiger partial charge in [-0.2, -0.15) is 0 Å². The third kappa shape index (κ3) is 5.36. The molecule has 118 valence electrons. The number of rotatable bonds is 7. The van der Waals surface area contributed by atoms with Crippen LogP contribution in [-0.2, 0) is 10.2 Å². The number of aliphatic carboxylic acids is 1. The lowest BCUT2D eigenvalue weighted by Crippen LogP contribution is -2.47. The van der Waals surface area contributed by atoms with Crippen molar-refractivity contribution in [1.82, 2.24) is 0 Å². The highest BCUT2D eigenvalue weighted by Crippen LogP contribution is 2.26. The van der Waals surface area contributed by atoms with Crippen LogP contribution in [0.25, 0.3) is 0 Å². The van der Waals surface area contributed by atoms with E-state index in [9.17, 15) is 4.79 Å². The number of hydrogen-bond donors (Lipinski definition) is 2. The largest absolute Gasteiger partial charge is 0.480 e. The van der Waals surface area contributed by atoms with Gasteiger partial charge in [0.25, 0.3) is 0 Å². The molecule has 1 unspecified atom stereocenters. The van der Waals surface area contributed by atoms with E-state index in [4.69, 9.17) is 10.8 Å². The van der Waals surface area contributed by atoms with E-state index in [0.717, 1.165) is 12.2 Å². The summed E-state index contributed by atoms with van der Waals surface area (Å²) in [6, 6.07) is 8.60. The topological polar surface area (TPSA) is 63.3 Å². The summed E-state index contributed by atoms with van der Waals surface area (Å²) in [4.78, 5) is 12.3. The Kier molecular flexibility index (Phi) is 6.29. The van der Waals surface area contributed by atoms with Crippen molar-refractivity contribution in [2.24, 2.45) is 5.73 Å². The molecule has 3 nitrogen and oxygen atoms in total. The van der Waals surface area contributed by atoms with Crippen LogP contribution < -0.4 is 5.73 Å². The smallest absolute Gasteiger partial charge is 0.323 e. The standard InChI is InChI=1S/C17H27NO2S/c1-5-17(18,15(19)20)11-6-12-21-14-9-7-13(8-10-14)16(2,3)4/h7-10H,5-6,11-12,18H2,1-4H3,(H,19,20). The van der Waals surface area contributed by atoms with E-state index in [-0.39, 0.29) is 5.41 Å². The number of hydrogen-bond acceptors (Lipinski definition) is 3. The van der Waals surface area contributed by atoms with Gasteiger partial charge in [-0.25, -0.2) is 0 Å². The molecule has 0 heterocycles. The van der Waals surface area contributed by atoms with Gasteiger partial charge in [0.05, 0.1) is 0 Å². The van der Waals surface area contributed by atoms with Crippen LogP contribution in [-0.4, -0.2) is 22.4 Å². The molecule has 0 aromatic heterocycles. The molecule has 1 rings (SSSR count). The van der Waals surface area contributed by atoms with Crippen LogP contribution in [0.3, 0.4) is 0 Å². The van der Waals surface area contributed by atoms with Crippen molar-refractivity contribution in [2.75, 3.05) is 5.75 Å². The average molecular weight is 309 g/mol. The van der Waals surface area contributed by atoms with E-state index >= 15 is 0 Å². The molecule has 0 saturated carbocycles. The third-order valence-corrected chi connectivity index (χ3v) is 4.91. The van der Waals surface area contributed by atoms with Crippen LogP contribution in [0.5, 0.6) is 0 Å². The molecule has 21 heavy (non-hydrogen) atoms. The Morgan fingerprint density at radius 1 is 1.24 bits per heavy atom. The molecule has 0 aliphatic heterocycles. The minimum atomic E-state index is -1.07. The lowest BCUT2D eigenvalue weighted by Gasteiger charge is -2.22. The van der Waals surface area contributed by atoms with Gasteiger partial charge in [0.1, 0.15) is 5.54 Å². The van der Waals surface area contributed by atoms with Crippen LogP contribution in [0.15, 0.2) is 29.2 Å². The zero-order chi connectivity index (χ0) is 16.1.